The molecule has 1 saturated heterocycles. The van der Waals surface area contributed by atoms with Crippen LogP contribution < -0.4 is 10.1 Å². The Balaban J connectivity index is 2.06. The van der Waals surface area contributed by atoms with Crippen molar-refractivity contribution in [3.05, 3.63) is 5.28 Å². The highest BCUT2D eigenvalue weighted by molar-refractivity contribution is 6.28. The summed E-state index contributed by atoms with van der Waals surface area (Å²) in [6.45, 7) is 2.05. The van der Waals surface area contributed by atoms with Crippen LogP contribution in [0.25, 0.3) is 0 Å². The Morgan fingerprint density at radius 2 is 2.25 bits per heavy atom. The molecular weight excluding hydrogens is 230 g/mol. The Bertz CT molecular complexity index is 375. The molecule has 0 spiro atoms. The molecule has 1 fully saturated rings. The summed E-state index contributed by atoms with van der Waals surface area (Å²) in [5, 5.41) is 3.36. The van der Waals surface area contributed by atoms with E-state index in [1.165, 1.54) is 7.11 Å². The van der Waals surface area contributed by atoms with Crippen LogP contribution in [0.15, 0.2) is 0 Å². The fourth-order valence-electron chi connectivity index (χ4n) is 1.72. The average Bonchev–Trinajstić information content (AvgIpc) is 2.63. The van der Waals surface area contributed by atoms with Gasteiger partial charge in [-0.3, -0.25) is 0 Å². The molecule has 0 saturated carbocycles. The summed E-state index contributed by atoms with van der Waals surface area (Å²) in [6.07, 6.45) is 1.07. The summed E-state index contributed by atoms with van der Waals surface area (Å²) in [6, 6.07) is 0.585. The highest BCUT2D eigenvalue weighted by Crippen LogP contribution is 2.15. The normalized spacial score (nSPS) is 21.1. The topological polar surface area (TPSA) is 63.2 Å². The lowest BCUT2D eigenvalue weighted by Gasteiger charge is -2.12. The molecule has 1 aliphatic heterocycles. The zero-order valence-electron chi connectivity index (χ0n) is 9.27. The number of likely N-dealkylation sites (tertiary alicyclic amines) is 1. The minimum absolute atomic E-state index is 0.140. The molecule has 1 aliphatic rings. The predicted octanol–water partition coefficient (Wildman–Crippen LogP) is 0.650. The fraction of sp³-hybridized carbons (Fsp3) is 0.667. The highest BCUT2D eigenvalue weighted by Gasteiger charge is 2.20. The first-order chi connectivity index (χ1) is 7.67. The number of aromatic nitrogens is 3. The molecule has 1 N–H and O–H groups in total. The van der Waals surface area contributed by atoms with Crippen molar-refractivity contribution in [2.75, 3.05) is 32.6 Å². The van der Waals surface area contributed by atoms with Gasteiger partial charge >= 0.3 is 6.01 Å². The molecule has 0 amide bonds. The zero-order valence-corrected chi connectivity index (χ0v) is 10.0. The van der Waals surface area contributed by atoms with E-state index in [-0.39, 0.29) is 11.3 Å². The fourth-order valence-corrected chi connectivity index (χ4v) is 1.88. The van der Waals surface area contributed by atoms with Crippen molar-refractivity contribution in [2.45, 2.75) is 12.5 Å². The Morgan fingerprint density at radius 1 is 1.44 bits per heavy atom. The number of ether oxygens (including phenoxy) is 1. The molecule has 1 aromatic heterocycles. The maximum Gasteiger partial charge on any atom is 0.322 e. The zero-order chi connectivity index (χ0) is 11.5. The molecular formula is C9H14ClN5O. The Kier molecular flexibility index (Phi) is 3.40. The van der Waals surface area contributed by atoms with Gasteiger partial charge in [-0.2, -0.15) is 15.0 Å². The van der Waals surface area contributed by atoms with E-state index < -0.39 is 0 Å². The standard InChI is InChI=1S/C9H14ClN5O/c1-15-4-3-6(5-15)11-8-12-7(10)13-9(14-8)16-2/h6H,3-5H2,1-2H3,(H,11,12,13,14). The third kappa shape index (κ3) is 2.70. The van der Waals surface area contributed by atoms with E-state index in [4.69, 9.17) is 16.3 Å². The van der Waals surface area contributed by atoms with Crippen molar-refractivity contribution in [1.29, 1.82) is 0 Å². The van der Waals surface area contributed by atoms with Crippen molar-refractivity contribution < 1.29 is 4.74 Å². The number of hydrogen-bond donors (Lipinski definition) is 1. The van der Waals surface area contributed by atoms with Crippen LogP contribution in [0.2, 0.25) is 5.28 Å². The van der Waals surface area contributed by atoms with Gasteiger partial charge in [-0.15, -0.1) is 0 Å². The smallest absolute Gasteiger partial charge is 0.322 e. The number of hydrogen-bond acceptors (Lipinski definition) is 6. The third-order valence-corrected chi connectivity index (χ3v) is 2.66. The van der Waals surface area contributed by atoms with Crippen LogP contribution >= 0.6 is 11.6 Å². The van der Waals surface area contributed by atoms with Gasteiger partial charge in [-0.1, -0.05) is 0 Å². The molecule has 1 atom stereocenters. The van der Waals surface area contributed by atoms with Crippen LogP contribution in [0.1, 0.15) is 6.42 Å². The number of anilines is 1. The number of nitrogens with zero attached hydrogens (tertiary/aromatic N) is 4. The number of methoxy groups -OCH3 is 1. The summed E-state index contributed by atoms with van der Waals surface area (Å²) in [7, 11) is 3.58. The second kappa shape index (κ2) is 4.80. The molecule has 16 heavy (non-hydrogen) atoms. The lowest BCUT2D eigenvalue weighted by Crippen LogP contribution is -2.24. The van der Waals surface area contributed by atoms with Crippen molar-refractivity contribution in [2.24, 2.45) is 0 Å². The molecule has 0 aromatic carbocycles. The van der Waals surface area contributed by atoms with Crippen LogP contribution in [-0.2, 0) is 0 Å². The van der Waals surface area contributed by atoms with Gasteiger partial charge in [0.15, 0.2) is 0 Å². The summed E-state index contributed by atoms with van der Waals surface area (Å²) >= 11 is 5.75. The number of nitrogens with one attached hydrogen (secondary N) is 1. The van der Waals surface area contributed by atoms with E-state index >= 15 is 0 Å². The van der Waals surface area contributed by atoms with Crippen molar-refractivity contribution >= 4 is 17.5 Å². The second-order valence-electron chi connectivity index (χ2n) is 3.81. The maximum atomic E-state index is 5.75. The van der Waals surface area contributed by atoms with E-state index in [2.05, 4.69) is 32.2 Å². The van der Waals surface area contributed by atoms with Crippen LogP contribution in [0.3, 0.4) is 0 Å². The lowest BCUT2D eigenvalue weighted by molar-refractivity contribution is 0.378. The maximum absolute atomic E-state index is 5.75. The van der Waals surface area contributed by atoms with Crippen molar-refractivity contribution in [1.82, 2.24) is 19.9 Å². The van der Waals surface area contributed by atoms with Gasteiger partial charge in [0.05, 0.1) is 7.11 Å². The molecule has 2 rings (SSSR count). The van der Waals surface area contributed by atoms with Gasteiger partial charge in [0.2, 0.25) is 11.2 Å². The van der Waals surface area contributed by atoms with E-state index in [9.17, 15) is 0 Å². The van der Waals surface area contributed by atoms with Crippen LogP contribution in [0.4, 0.5) is 5.95 Å². The number of halogens is 1. The summed E-state index contributed by atoms with van der Waals surface area (Å²) < 4.78 is 4.92. The molecule has 1 unspecified atom stereocenters. The summed E-state index contributed by atoms with van der Waals surface area (Å²) in [4.78, 5) is 14.1. The van der Waals surface area contributed by atoms with Gasteiger partial charge in [0, 0.05) is 12.6 Å². The first kappa shape index (κ1) is 11.3. The van der Waals surface area contributed by atoms with Gasteiger partial charge in [-0.05, 0) is 31.6 Å². The number of likely N-dealkylation sites (N-methyl/N-ethyl adjacent to an activating group) is 1. The SMILES string of the molecule is COc1nc(Cl)nc(NC2CCN(C)C2)n1. The van der Waals surface area contributed by atoms with Gasteiger partial charge in [0.25, 0.3) is 0 Å². The third-order valence-electron chi connectivity index (χ3n) is 2.49. The summed E-state index contributed by atoms with van der Waals surface area (Å²) in [5.41, 5.74) is 0. The molecule has 0 bridgehead atoms. The van der Waals surface area contributed by atoms with Crippen LogP contribution in [0, 0.1) is 0 Å². The molecule has 0 radical (unpaired) electrons. The second-order valence-corrected chi connectivity index (χ2v) is 4.14. The minimum Gasteiger partial charge on any atom is -0.467 e. The van der Waals surface area contributed by atoms with E-state index in [0.29, 0.717) is 12.0 Å². The molecule has 0 aliphatic carbocycles. The molecule has 88 valence electrons. The monoisotopic (exact) mass is 243 g/mol. The Morgan fingerprint density at radius 3 is 2.88 bits per heavy atom. The van der Waals surface area contributed by atoms with Crippen LogP contribution in [-0.4, -0.2) is 53.1 Å². The molecule has 1 aromatic rings. The molecule has 2 heterocycles. The Labute approximate surface area is 99.0 Å². The van der Waals surface area contributed by atoms with Gasteiger partial charge in [0.1, 0.15) is 0 Å². The Hall–Kier alpha value is -1.14. The van der Waals surface area contributed by atoms with E-state index in [1.807, 2.05) is 0 Å². The average molecular weight is 244 g/mol. The predicted molar refractivity (Wildman–Crippen MR) is 60.9 cm³/mol. The summed E-state index contributed by atoms with van der Waals surface area (Å²) in [5.74, 6) is 0.470. The number of rotatable bonds is 3. The van der Waals surface area contributed by atoms with Crippen molar-refractivity contribution in [3.8, 4) is 6.01 Å². The van der Waals surface area contributed by atoms with Crippen LogP contribution in [0.5, 0.6) is 6.01 Å². The van der Waals surface area contributed by atoms with Crippen molar-refractivity contribution in [3.63, 3.8) is 0 Å². The quantitative estimate of drug-likeness (QED) is 0.841. The van der Waals surface area contributed by atoms with Gasteiger partial charge < -0.3 is 15.0 Å². The highest BCUT2D eigenvalue weighted by atomic mass is 35.5. The largest absolute Gasteiger partial charge is 0.467 e. The molecule has 7 heteroatoms. The van der Waals surface area contributed by atoms with E-state index in [0.717, 1.165) is 19.5 Å². The first-order valence-electron chi connectivity index (χ1n) is 5.08. The minimum atomic E-state index is 0.140. The first-order valence-corrected chi connectivity index (χ1v) is 5.46. The lowest BCUT2D eigenvalue weighted by atomic mass is 10.3. The van der Waals surface area contributed by atoms with Gasteiger partial charge in [-0.25, -0.2) is 0 Å². The molecule has 6 nitrogen and oxygen atoms in total. The van der Waals surface area contributed by atoms with E-state index in [1.54, 1.807) is 0 Å².